The molecule has 3 N–H and O–H groups in total. The van der Waals surface area contributed by atoms with E-state index in [4.69, 9.17) is 0 Å². The maximum absolute atomic E-state index is 11.8. The minimum absolute atomic E-state index is 0.0860. The van der Waals surface area contributed by atoms with Crippen molar-refractivity contribution in [2.24, 2.45) is 5.92 Å². The van der Waals surface area contributed by atoms with Crippen molar-refractivity contribution in [1.82, 2.24) is 10.6 Å². The molecule has 94 valence electrons. The van der Waals surface area contributed by atoms with Gasteiger partial charge in [0, 0.05) is 18.2 Å². The third-order valence-electron chi connectivity index (χ3n) is 2.81. The minimum atomic E-state index is -0.804. The number of hydrogen-bond acceptors (Lipinski definition) is 4. The van der Waals surface area contributed by atoms with Crippen molar-refractivity contribution < 1.29 is 9.90 Å². The monoisotopic (exact) mass is 246 g/mol. The molecule has 0 aromatic carbocycles. The molecule has 4 nitrogen and oxygen atoms in total. The summed E-state index contributed by atoms with van der Waals surface area (Å²) in [6.07, 6.45) is 3.75. The predicted molar refractivity (Wildman–Crippen MR) is 67.6 cm³/mol. The Morgan fingerprint density at radius 3 is 2.75 bits per heavy atom. The summed E-state index contributed by atoms with van der Waals surface area (Å²) in [5.41, 5.74) is -0.804. The van der Waals surface area contributed by atoms with Crippen LogP contribution in [0.5, 0.6) is 0 Å². The highest BCUT2D eigenvalue weighted by atomic mass is 32.2. The first-order chi connectivity index (χ1) is 7.55. The first kappa shape index (κ1) is 13.8. The van der Waals surface area contributed by atoms with Gasteiger partial charge in [0.2, 0.25) is 5.91 Å². The molecule has 5 heteroatoms. The minimum Gasteiger partial charge on any atom is -0.387 e. The summed E-state index contributed by atoms with van der Waals surface area (Å²) in [6, 6.07) is 0. The van der Waals surface area contributed by atoms with E-state index in [-0.39, 0.29) is 11.8 Å². The van der Waals surface area contributed by atoms with Gasteiger partial charge in [-0.1, -0.05) is 0 Å². The van der Waals surface area contributed by atoms with Crippen molar-refractivity contribution in [3.63, 3.8) is 0 Å². The first-order valence-corrected chi connectivity index (χ1v) is 7.14. The largest absolute Gasteiger partial charge is 0.387 e. The standard InChI is InChI=1S/C11H22N2O2S/c1-11(15,8-16-2)7-13-10(14)9-3-5-12-6-4-9/h9,12,15H,3-8H2,1-2H3,(H,13,14). The van der Waals surface area contributed by atoms with E-state index < -0.39 is 5.60 Å². The molecule has 1 saturated heterocycles. The van der Waals surface area contributed by atoms with Gasteiger partial charge in [-0.05, 0) is 39.1 Å². The molecule has 1 atom stereocenters. The summed E-state index contributed by atoms with van der Waals surface area (Å²) < 4.78 is 0. The van der Waals surface area contributed by atoms with Crippen LogP contribution in [0.4, 0.5) is 0 Å². The molecule has 1 rings (SSSR count). The van der Waals surface area contributed by atoms with E-state index in [2.05, 4.69) is 10.6 Å². The van der Waals surface area contributed by atoms with E-state index in [0.29, 0.717) is 12.3 Å². The molecule has 1 heterocycles. The molecule has 1 amide bonds. The van der Waals surface area contributed by atoms with E-state index in [1.807, 2.05) is 6.26 Å². The normalized spacial score (nSPS) is 21.4. The van der Waals surface area contributed by atoms with Crippen molar-refractivity contribution >= 4 is 17.7 Å². The fourth-order valence-corrected chi connectivity index (χ4v) is 2.59. The van der Waals surface area contributed by atoms with Crippen LogP contribution in [0.2, 0.25) is 0 Å². The number of hydrogen-bond donors (Lipinski definition) is 3. The van der Waals surface area contributed by atoms with Gasteiger partial charge in [-0.3, -0.25) is 4.79 Å². The van der Waals surface area contributed by atoms with Crippen LogP contribution in [0.1, 0.15) is 19.8 Å². The molecule has 0 aromatic heterocycles. The molecular weight excluding hydrogens is 224 g/mol. The molecular formula is C11H22N2O2S. The van der Waals surface area contributed by atoms with Crippen LogP contribution < -0.4 is 10.6 Å². The van der Waals surface area contributed by atoms with Gasteiger partial charge in [0.15, 0.2) is 0 Å². The quantitative estimate of drug-likeness (QED) is 0.649. The molecule has 0 spiro atoms. The lowest BCUT2D eigenvalue weighted by molar-refractivity contribution is -0.126. The SMILES string of the molecule is CSCC(C)(O)CNC(=O)C1CCNCC1. The number of rotatable bonds is 5. The Morgan fingerprint density at radius 2 is 2.19 bits per heavy atom. The fraction of sp³-hybridized carbons (Fsp3) is 0.909. The van der Waals surface area contributed by atoms with Crippen molar-refractivity contribution in [3.8, 4) is 0 Å². The van der Waals surface area contributed by atoms with Gasteiger partial charge in [0.05, 0.1) is 5.60 Å². The second kappa shape index (κ2) is 6.47. The number of piperidine rings is 1. The Hall–Kier alpha value is -0.260. The van der Waals surface area contributed by atoms with Gasteiger partial charge < -0.3 is 15.7 Å². The van der Waals surface area contributed by atoms with Gasteiger partial charge in [0.1, 0.15) is 0 Å². The number of aliphatic hydroxyl groups is 1. The highest BCUT2D eigenvalue weighted by Gasteiger charge is 2.24. The highest BCUT2D eigenvalue weighted by Crippen LogP contribution is 2.13. The Kier molecular flexibility index (Phi) is 5.58. The Labute approximate surface area is 102 Å². The van der Waals surface area contributed by atoms with Crippen LogP contribution in [0, 0.1) is 5.92 Å². The average Bonchev–Trinajstić information content (AvgIpc) is 2.27. The van der Waals surface area contributed by atoms with Gasteiger partial charge >= 0.3 is 0 Å². The Morgan fingerprint density at radius 1 is 1.56 bits per heavy atom. The van der Waals surface area contributed by atoms with Crippen LogP contribution in [0.25, 0.3) is 0 Å². The predicted octanol–water partition coefficient (Wildman–Crippen LogP) is 0.216. The Bertz CT molecular complexity index is 228. The van der Waals surface area contributed by atoms with Crippen LogP contribution in [0.15, 0.2) is 0 Å². The summed E-state index contributed by atoms with van der Waals surface area (Å²) in [5.74, 6) is 0.841. The number of nitrogens with one attached hydrogen (secondary N) is 2. The molecule has 1 unspecified atom stereocenters. The third-order valence-corrected chi connectivity index (χ3v) is 3.72. The zero-order chi connectivity index (χ0) is 12.0. The molecule has 0 bridgehead atoms. The smallest absolute Gasteiger partial charge is 0.223 e. The van der Waals surface area contributed by atoms with E-state index >= 15 is 0 Å². The molecule has 0 radical (unpaired) electrons. The van der Waals surface area contributed by atoms with Crippen molar-refractivity contribution in [1.29, 1.82) is 0 Å². The molecule has 1 aliphatic heterocycles. The van der Waals surface area contributed by atoms with Gasteiger partial charge in [-0.25, -0.2) is 0 Å². The molecule has 16 heavy (non-hydrogen) atoms. The van der Waals surface area contributed by atoms with Crippen LogP contribution in [-0.2, 0) is 4.79 Å². The van der Waals surface area contributed by atoms with E-state index in [9.17, 15) is 9.90 Å². The summed E-state index contributed by atoms with van der Waals surface area (Å²) in [5, 5.41) is 16.0. The number of thioether (sulfide) groups is 1. The average molecular weight is 246 g/mol. The molecule has 0 aliphatic carbocycles. The van der Waals surface area contributed by atoms with Crippen LogP contribution in [-0.4, -0.2) is 48.3 Å². The molecule has 1 aliphatic rings. The zero-order valence-corrected chi connectivity index (χ0v) is 10.9. The van der Waals surface area contributed by atoms with Crippen molar-refractivity contribution in [3.05, 3.63) is 0 Å². The third kappa shape index (κ3) is 4.72. The highest BCUT2D eigenvalue weighted by molar-refractivity contribution is 7.98. The number of amides is 1. The van der Waals surface area contributed by atoms with Gasteiger partial charge in [-0.15, -0.1) is 0 Å². The van der Waals surface area contributed by atoms with E-state index in [0.717, 1.165) is 25.9 Å². The second-order valence-electron chi connectivity index (χ2n) is 4.67. The zero-order valence-electron chi connectivity index (χ0n) is 10.1. The maximum atomic E-state index is 11.8. The lowest BCUT2D eigenvalue weighted by atomic mass is 9.97. The molecule has 0 saturated carbocycles. The second-order valence-corrected chi connectivity index (χ2v) is 5.54. The van der Waals surface area contributed by atoms with Crippen molar-refractivity contribution in [2.75, 3.05) is 31.6 Å². The van der Waals surface area contributed by atoms with E-state index in [1.54, 1.807) is 18.7 Å². The molecule has 0 aromatic rings. The van der Waals surface area contributed by atoms with Crippen LogP contribution >= 0.6 is 11.8 Å². The summed E-state index contributed by atoms with van der Waals surface area (Å²) in [4.78, 5) is 11.8. The van der Waals surface area contributed by atoms with E-state index in [1.165, 1.54) is 0 Å². The lowest BCUT2D eigenvalue weighted by Crippen LogP contribution is -2.46. The van der Waals surface area contributed by atoms with Crippen LogP contribution in [0.3, 0.4) is 0 Å². The topological polar surface area (TPSA) is 61.4 Å². The molecule has 1 fully saturated rings. The summed E-state index contributed by atoms with van der Waals surface area (Å²) >= 11 is 1.58. The van der Waals surface area contributed by atoms with Gasteiger partial charge in [-0.2, -0.15) is 11.8 Å². The summed E-state index contributed by atoms with van der Waals surface area (Å²) in [6.45, 7) is 3.93. The van der Waals surface area contributed by atoms with Gasteiger partial charge in [0.25, 0.3) is 0 Å². The number of carbonyl (C=O) groups excluding carboxylic acids is 1. The Balaban J connectivity index is 2.28. The maximum Gasteiger partial charge on any atom is 0.223 e. The first-order valence-electron chi connectivity index (χ1n) is 5.75. The lowest BCUT2D eigenvalue weighted by Gasteiger charge is -2.26. The fourth-order valence-electron chi connectivity index (χ4n) is 1.87. The number of carbonyl (C=O) groups is 1. The summed E-state index contributed by atoms with van der Waals surface area (Å²) in [7, 11) is 0. The van der Waals surface area contributed by atoms with Crippen molar-refractivity contribution in [2.45, 2.75) is 25.4 Å².